The third-order valence-electron chi connectivity index (χ3n) is 4.73. The van der Waals surface area contributed by atoms with Gasteiger partial charge in [-0.1, -0.05) is 42.5 Å². The van der Waals surface area contributed by atoms with E-state index in [0.29, 0.717) is 5.92 Å². The Morgan fingerprint density at radius 2 is 1.76 bits per heavy atom. The van der Waals surface area contributed by atoms with Crippen molar-refractivity contribution in [3.8, 4) is 0 Å². The van der Waals surface area contributed by atoms with Crippen LogP contribution in [0.4, 0.5) is 4.39 Å². The first-order valence-corrected chi connectivity index (χ1v) is 7.30. The number of hydrogen-bond donors (Lipinski definition) is 1. The van der Waals surface area contributed by atoms with E-state index in [1.807, 2.05) is 36.4 Å². The minimum atomic E-state index is -0.286. The molecule has 0 saturated heterocycles. The minimum Gasteiger partial charge on any atom is -0.345 e. The number of halogens is 1. The number of hydrogen-bond acceptors (Lipinski definition) is 1. The number of nitrogens with one attached hydrogen (secondary N) is 1. The molecule has 1 amide bonds. The highest BCUT2D eigenvalue weighted by Crippen LogP contribution is 2.75. The summed E-state index contributed by atoms with van der Waals surface area (Å²) >= 11 is 0. The van der Waals surface area contributed by atoms with Crippen molar-refractivity contribution >= 4 is 5.91 Å². The maximum atomic E-state index is 13.5. The first kappa shape index (κ1) is 12.6. The fourth-order valence-electron chi connectivity index (χ4n) is 3.04. The second-order valence-electron chi connectivity index (χ2n) is 6.13. The van der Waals surface area contributed by atoms with E-state index in [1.165, 1.54) is 12.1 Å². The molecule has 2 aliphatic carbocycles. The molecule has 0 aliphatic heterocycles. The van der Waals surface area contributed by atoms with Crippen LogP contribution >= 0.6 is 0 Å². The summed E-state index contributed by atoms with van der Waals surface area (Å²) in [5, 5.41) is 3.12. The molecular weight excluding hydrogens is 265 g/mol. The van der Waals surface area contributed by atoms with E-state index < -0.39 is 0 Å². The standard InChI is InChI=1S/C18H16FNO/c19-15-8-4-7-13(9-15)16(12-5-2-1-3-6-12)20-17(21)18-10-14(18)11-18/h1-9,14,16H,10-11H2,(H,20,21). The van der Waals surface area contributed by atoms with Crippen molar-refractivity contribution in [3.05, 3.63) is 71.5 Å². The van der Waals surface area contributed by atoms with E-state index >= 15 is 0 Å². The fourth-order valence-corrected chi connectivity index (χ4v) is 3.04. The van der Waals surface area contributed by atoms with Crippen LogP contribution in [0.1, 0.15) is 30.0 Å². The summed E-state index contributed by atoms with van der Waals surface area (Å²) in [5.41, 5.74) is 1.68. The van der Waals surface area contributed by atoms with E-state index in [1.54, 1.807) is 6.07 Å². The highest BCUT2D eigenvalue weighted by molar-refractivity contribution is 5.90. The number of amides is 1. The zero-order valence-corrected chi connectivity index (χ0v) is 11.6. The summed E-state index contributed by atoms with van der Waals surface area (Å²) in [6, 6.07) is 15.9. The van der Waals surface area contributed by atoms with Crippen LogP contribution in [-0.2, 0) is 4.79 Å². The molecule has 0 aromatic heterocycles. The molecule has 4 rings (SSSR count). The van der Waals surface area contributed by atoms with Gasteiger partial charge in [0.25, 0.3) is 0 Å². The van der Waals surface area contributed by atoms with Crippen molar-refractivity contribution in [2.45, 2.75) is 18.9 Å². The molecule has 106 valence electrons. The molecule has 2 nitrogen and oxygen atoms in total. The molecule has 21 heavy (non-hydrogen) atoms. The maximum absolute atomic E-state index is 13.5. The Labute approximate surface area is 123 Å². The van der Waals surface area contributed by atoms with Crippen molar-refractivity contribution in [2.75, 3.05) is 0 Å². The minimum absolute atomic E-state index is 0.0830. The molecule has 2 aliphatic rings. The average Bonchev–Trinajstić information content (AvgIpc) is 3.35. The number of rotatable bonds is 4. The second-order valence-corrected chi connectivity index (χ2v) is 6.13. The molecule has 3 heteroatoms. The van der Waals surface area contributed by atoms with E-state index in [9.17, 15) is 9.18 Å². The van der Waals surface area contributed by atoms with E-state index in [2.05, 4.69) is 5.32 Å². The van der Waals surface area contributed by atoms with E-state index in [4.69, 9.17) is 0 Å². The lowest BCUT2D eigenvalue weighted by Crippen LogP contribution is -2.32. The van der Waals surface area contributed by atoms with Gasteiger partial charge >= 0.3 is 0 Å². The Morgan fingerprint density at radius 3 is 2.38 bits per heavy atom. The molecule has 0 spiro atoms. The zero-order chi connectivity index (χ0) is 14.4. The first-order valence-electron chi connectivity index (χ1n) is 7.30. The Balaban J connectivity index is 1.66. The molecule has 2 fully saturated rings. The molecule has 0 radical (unpaired) electrons. The van der Waals surface area contributed by atoms with Crippen LogP contribution in [-0.4, -0.2) is 5.91 Å². The van der Waals surface area contributed by atoms with E-state index in [-0.39, 0.29) is 23.2 Å². The molecule has 1 N–H and O–H groups in total. The van der Waals surface area contributed by atoms with Gasteiger partial charge in [0.2, 0.25) is 5.91 Å². The highest BCUT2D eigenvalue weighted by atomic mass is 19.1. The summed E-state index contributed by atoms with van der Waals surface area (Å²) in [6.07, 6.45) is 2.03. The Kier molecular flexibility index (Phi) is 2.64. The van der Waals surface area contributed by atoms with Crippen molar-refractivity contribution in [1.29, 1.82) is 0 Å². The van der Waals surface area contributed by atoms with Crippen molar-refractivity contribution < 1.29 is 9.18 Å². The van der Waals surface area contributed by atoms with Gasteiger partial charge in [0.05, 0.1) is 11.5 Å². The molecule has 1 atom stereocenters. The van der Waals surface area contributed by atoms with Crippen molar-refractivity contribution in [3.63, 3.8) is 0 Å². The maximum Gasteiger partial charge on any atom is 0.227 e. The van der Waals surface area contributed by atoms with Gasteiger partial charge in [-0.3, -0.25) is 4.79 Å². The number of carbonyl (C=O) groups is 1. The van der Waals surface area contributed by atoms with Crippen LogP contribution in [0.25, 0.3) is 0 Å². The predicted molar refractivity (Wildman–Crippen MR) is 78.0 cm³/mol. The van der Waals surface area contributed by atoms with Gasteiger partial charge in [0.1, 0.15) is 5.82 Å². The van der Waals surface area contributed by atoms with E-state index in [0.717, 1.165) is 24.0 Å². The lowest BCUT2D eigenvalue weighted by molar-refractivity contribution is -0.124. The normalized spacial score (nSPS) is 26.6. The molecule has 0 heterocycles. The molecule has 2 saturated carbocycles. The van der Waals surface area contributed by atoms with Crippen LogP contribution < -0.4 is 5.32 Å². The summed E-state index contributed by atoms with van der Waals surface area (Å²) in [7, 11) is 0. The first-order chi connectivity index (χ1) is 10.2. The van der Waals surface area contributed by atoms with Gasteiger partial charge in [-0.15, -0.1) is 0 Å². The summed E-state index contributed by atoms with van der Waals surface area (Å²) in [4.78, 5) is 12.4. The second kappa shape index (κ2) is 4.42. The topological polar surface area (TPSA) is 29.1 Å². The average molecular weight is 281 g/mol. The van der Waals surface area contributed by atoms with Crippen LogP contribution in [0.15, 0.2) is 54.6 Å². The third kappa shape index (κ3) is 2.13. The quantitative estimate of drug-likeness (QED) is 0.914. The summed E-state index contributed by atoms with van der Waals surface area (Å²) in [5.74, 6) is 0.434. The molecule has 2 aromatic carbocycles. The molecular formula is C18H16FNO. The van der Waals surface area contributed by atoms with Crippen LogP contribution in [0, 0.1) is 17.2 Å². The van der Waals surface area contributed by atoms with Gasteiger partial charge in [-0.05, 0) is 42.0 Å². The largest absolute Gasteiger partial charge is 0.345 e. The zero-order valence-electron chi connectivity index (χ0n) is 11.6. The number of benzene rings is 2. The lowest BCUT2D eigenvalue weighted by atomic mass is 9.98. The number of fused-ring (bicyclic) bond motifs is 1. The van der Waals surface area contributed by atoms with Gasteiger partial charge in [-0.2, -0.15) is 0 Å². The number of carbonyl (C=O) groups excluding carboxylic acids is 1. The Hall–Kier alpha value is -2.16. The fraction of sp³-hybridized carbons (Fsp3) is 0.278. The highest BCUT2D eigenvalue weighted by Gasteiger charge is 2.74. The van der Waals surface area contributed by atoms with Gasteiger partial charge in [-0.25, -0.2) is 4.39 Å². The van der Waals surface area contributed by atoms with Crippen LogP contribution in [0.5, 0.6) is 0 Å². The molecule has 2 aromatic rings. The Bertz CT molecular complexity index is 691. The molecule has 0 bridgehead atoms. The monoisotopic (exact) mass is 281 g/mol. The van der Waals surface area contributed by atoms with Crippen LogP contribution in [0.2, 0.25) is 0 Å². The van der Waals surface area contributed by atoms with Crippen molar-refractivity contribution in [1.82, 2.24) is 5.32 Å². The SMILES string of the molecule is O=C(NC(c1ccccc1)c1cccc(F)c1)C12CC1C2. The summed E-state index contributed by atoms with van der Waals surface area (Å²) < 4.78 is 13.5. The van der Waals surface area contributed by atoms with Gasteiger partial charge < -0.3 is 5.32 Å². The van der Waals surface area contributed by atoms with Crippen molar-refractivity contribution in [2.24, 2.45) is 11.3 Å². The Morgan fingerprint density at radius 1 is 1.10 bits per heavy atom. The van der Waals surface area contributed by atoms with Crippen LogP contribution in [0.3, 0.4) is 0 Å². The summed E-state index contributed by atoms with van der Waals surface area (Å²) in [6.45, 7) is 0. The lowest BCUT2D eigenvalue weighted by Gasteiger charge is -2.21. The van der Waals surface area contributed by atoms with Gasteiger partial charge in [0, 0.05) is 0 Å². The smallest absolute Gasteiger partial charge is 0.227 e. The molecule has 1 unspecified atom stereocenters. The predicted octanol–water partition coefficient (Wildman–Crippen LogP) is 3.44. The van der Waals surface area contributed by atoms with Gasteiger partial charge in [0.15, 0.2) is 0 Å². The third-order valence-corrected chi connectivity index (χ3v) is 4.73.